The topological polar surface area (TPSA) is 88.5 Å². The largest absolute Gasteiger partial charge is 0.461 e. The van der Waals surface area contributed by atoms with Gasteiger partial charge >= 0.3 is 6.01 Å². The number of sulfone groups is 1. The number of hydrogen-bond acceptors (Lipinski definition) is 8. The van der Waals surface area contributed by atoms with Crippen molar-refractivity contribution in [3.63, 3.8) is 0 Å². The molecule has 11 heteroatoms. The number of aromatic nitrogens is 3. The van der Waals surface area contributed by atoms with Gasteiger partial charge in [-0.1, -0.05) is 36.8 Å². The second-order valence-electron chi connectivity index (χ2n) is 12.3. The molecule has 0 saturated carbocycles. The van der Waals surface area contributed by atoms with Crippen molar-refractivity contribution in [1.82, 2.24) is 19.9 Å². The van der Waals surface area contributed by atoms with Gasteiger partial charge in [-0.15, -0.1) is 0 Å². The molecule has 0 bridgehead atoms. The highest BCUT2D eigenvalue weighted by Crippen LogP contribution is 2.40. The molecule has 5 heterocycles. The Balaban J connectivity index is 1.36. The molecule has 1 atom stereocenters. The molecule has 4 aromatic rings. The summed E-state index contributed by atoms with van der Waals surface area (Å²) in [7, 11) is -3.31. The molecular formula is C32H35F2N5O3S. The van der Waals surface area contributed by atoms with Gasteiger partial charge in [-0.05, 0) is 63.1 Å². The highest BCUT2D eigenvalue weighted by molar-refractivity contribution is 7.91. The van der Waals surface area contributed by atoms with Crippen LogP contribution < -0.4 is 9.64 Å². The van der Waals surface area contributed by atoms with Gasteiger partial charge in [0.1, 0.15) is 29.5 Å². The number of benzene rings is 2. The van der Waals surface area contributed by atoms with Crippen molar-refractivity contribution < 1.29 is 21.9 Å². The summed E-state index contributed by atoms with van der Waals surface area (Å²) in [6, 6.07) is 9.98. The van der Waals surface area contributed by atoms with Crippen molar-refractivity contribution in [1.29, 1.82) is 0 Å². The quantitative estimate of drug-likeness (QED) is 0.283. The number of halogens is 2. The number of rotatable bonds is 6. The molecule has 0 spiro atoms. The Kier molecular flexibility index (Phi) is 7.20. The minimum Gasteiger partial charge on any atom is -0.461 e. The lowest BCUT2D eigenvalue weighted by Gasteiger charge is -2.31. The molecule has 0 aliphatic carbocycles. The fourth-order valence-electron chi connectivity index (χ4n) is 7.31. The minimum absolute atomic E-state index is 0.0139. The van der Waals surface area contributed by atoms with Gasteiger partial charge in [-0.3, -0.25) is 9.88 Å². The van der Waals surface area contributed by atoms with Crippen LogP contribution in [0.1, 0.15) is 44.9 Å². The summed E-state index contributed by atoms with van der Waals surface area (Å²) in [6.45, 7) is 3.28. The first-order valence-electron chi connectivity index (χ1n) is 15.1. The van der Waals surface area contributed by atoms with Crippen LogP contribution in [-0.2, 0) is 9.84 Å². The van der Waals surface area contributed by atoms with Crippen LogP contribution in [0.2, 0.25) is 0 Å². The van der Waals surface area contributed by atoms with Crippen molar-refractivity contribution in [2.75, 3.05) is 43.9 Å². The van der Waals surface area contributed by atoms with Gasteiger partial charge in [0.15, 0.2) is 15.7 Å². The summed E-state index contributed by atoms with van der Waals surface area (Å²) in [5.41, 5.74) is 0.270. The molecule has 8 nitrogen and oxygen atoms in total. The van der Waals surface area contributed by atoms with E-state index in [1.165, 1.54) is 18.5 Å². The SMILES string of the molecule is CS(=O)(=O)C1CCCCN(c2nc(OCC34CCCN3CCC4)nc3c(F)c(-c4cccc5cccc(F)c45)ncc23)C1. The Morgan fingerprint density at radius 3 is 2.53 bits per heavy atom. The maximum absolute atomic E-state index is 16.6. The first-order chi connectivity index (χ1) is 20.7. The van der Waals surface area contributed by atoms with Gasteiger partial charge in [0, 0.05) is 36.5 Å². The smallest absolute Gasteiger partial charge is 0.319 e. The van der Waals surface area contributed by atoms with Crippen molar-refractivity contribution in [3.8, 4) is 17.3 Å². The van der Waals surface area contributed by atoms with E-state index in [1.54, 1.807) is 30.3 Å². The first kappa shape index (κ1) is 28.3. The van der Waals surface area contributed by atoms with Crippen LogP contribution in [0.25, 0.3) is 32.9 Å². The molecule has 0 radical (unpaired) electrons. The monoisotopic (exact) mass is 607 g/mol. The Bertz CT molecular complexity index is 1800. The zero-order valence-electron chi connectivity index (χ0n) is 24.2. The fourth-order valence-corrected chi connectivity index (χ4v) is 8.36. The van der Waals surface area contributed by atoms with E-state index in [4.69, 9.17) is 9.72 Å². The average molecular weight is 608 g/mol. The molecule has 226 valence electrons. The summed E-state index contributed by atoms with van der Waals surface area (Å²) in [5.74, 6) is -0.752. The van der Waals surface area contributed by atoms with Crippen molar-refractivity contribution in [2.45, 2.75) is 55.7 Å². The molecule has 0 N–H and O–H groups in total. The molecule has 3 aliphatic heterocycles. The van der Waals surface area contributed by atoms with Crippen LogP contribution in [0.5, 0.6) is 6.01 Å². The van der Waals surface area contributed by atoms with Crippen LogP contribution >= 0.6 is 0 Å². The molecule has 1 unspecified atom stereocenters. The summed E-state index contributed by atoms with van der Waals surface area (Å²) >= 11 is 0. The zero-order chi connectivity index (χ0) is 29.8. The van der Waals surface area contributed by atoms with Crippen molar-refractivity contribution in [2.24, 2.45) is 0 Å². The number of nitrogens with zero attached hydrogens (tertiary/aromatic N) is 5. The Labute approximate surface area is 250 Å². The van der Waals surface area contributed by atoms with Crippen LogP contribution in [0.15, 0.2) is 42.6 Å². The van der Waals surface area contributed by atoms with Gasteiger partial charge < -0.3 is 9.64 Å². The number of pyridine rings is 1. The average Bonchev–Trinajstić information content (AvgIpc) is 3.46. The predicted molar refractivity (Wildman–Crippen MR) is 163 cm³/mol. The molecular weight excluding hydrogens is 572 g/mol. The van der Waals surface area contributed by atoms with E-state index in [0.717, 1.165) is 51.6 Å². The molecule has 3 saturated heterocycles. The van der Waals surface area contributed by atoms with Crippen LogP contribution in [0.4, 0.5) is 14.6 Å². The summed E-state index contributed by atoms with van der Waals surface area (Å²) in [5, 5.41) is 0.723. The Morgan fingerprint density at radius 1 is 1.00 bits per heavy atom. The van der Waals surface area contributed by atoms with E-state index in [9.17, 15) is 8.42 Å². The third-order valence-electron chi connectivity index (χ3n) is 9.57. The van der Waals surface area contributed by atoms with E-state index in [-0.39, 0.29) is 34.7 Å². The van der Waals surface area contributed by atoms with Gasteiger partial charge in [-0.25, -0.2) is 17.2 Å². The van der Waals surface area contributed by atoms with Gasteiger partial charge in [-0.2, -0.15) is 9.97 Å². The van der Waals surface area contributed by atoms with Crippen molar-refractivity contribution in [3.05, 3.63) is 54.2 Å². The predicted octanol–water partition coefficient (Wildman–Crippen LogP) is 5.53. The number of fused-ring (bicyclic) bond motifs is 3. The highest BCUT2D eigenvalue weighted by atomic mass is 32.2. The number of anilines is 1. The zero-order valence-corrected chi connectivity index (χ0v) is 25.0. The second-order valence-corrected chi connectivity index (χ2v) is 14.6. The van der Waals surface area contributed by atoms with Crippen molar-refractivity contribution >= 4 is 37.3 Å². The number of hydrogen-bond donors (Lipinski definition) is 0. The van der Waals surface area contributed by atoms with Crippen LogP contribution in [0.3, 0.4) is 0 Å². The molecule has 3 aliphatic rings. The summed E-state index contributed by atoms with van der Waals surface area (Å²) < 4.78 is 63.1. The Morgan fingerprint density at radius 2 is 1.77 bits per heavy atom. The van der Waals surface area contributed by atoms with Crippen LogP contribution in [-0.4, -0.2) is 78.1 Å². The fraction of sp³-hybridized carbons (Fsp3) is 0.469. The minimum atomic E-state index is -3.31. The maximum atomic E-state index is 16.6. The van der Waals surface area contributed by atoms with Gasteiger partial charge in [0.25, 0.3) is 0 Å². The third-order valence-corrected chi connectivity index (χ3v) is 11.2. The van der Waals surface area contributed by atoms with E-state index >= 15 is 8.78 Å². The molecule has 3 fully saturated rings. The summed E-state index contributed by atoms with van der Waals surface area (Å²) in [4.78, 5) is 18.2. The standard InChI is InChI=1S/C32H35F2N5O3S/c1-43(40,41)22-10-2-3-15-38(19-22)30-24-18-35-28(23-11-4-8-21-9-5-12-25(33)26(21)23)27(34)29(24)36-31(37-30)42-20-32-13-6-16-39(32)17-7-14-32/h4-5,8-9,11-12,18,22H,2-3,6-7,10,13-17,19-20H2,1H3. The van der Waals surface area contributed by atoms with E-state index in [0.29, 0.717) is 41.7 Å². The molecule has 0 amide bonds. The second kappa shape index (κ2) is 10.9. The molecule has 2 aromatic carbocycles. The maximum Gasteiger partial charge on any atom is 0.319 e. The summed E-state index contributed by atoms with van der Waals surface area (Å²) in [6.07, 6.45) is 9.16. The number of ether oxygens (including phenoxy) is 1. The third kappa shape index (κ3) is 5.10. The van der Waals surface area contributed by atoms with E-state index < -0.39 is 26.7 Å². The van der Waals surface area contributed by atoms with Gasteiger partial charge in [0.2, 0.25) is 0 Å². The lowest BCUT2D eigenvalue weighted by atomic mass is 9.95. The lowest BCUT2D eigenvalue weighted by Crippen LogP contribution is -2.43. The van der Waals surface area contributed by atoms with Gasteiger partial charge in [0.05, 0.1) is 16.2 Å². The van der Waals surface area contributed by atoms with E-state index in [1.807, 2.05) is 4.90 Å². The first-order valence-corrected chi connectivity index (χ1v) is 17.0. The lowest BCUT2D eigenvalue weighted by molar-refractivity contribution is 0.108. The molecule has 7 rings (SSSR count). The van der Waals surface area contributed by atoms with E-state index in [2.05, 4.69) is 14.9 Å². The Hall–Kier alpha value is -3.44. The van der Waals surface area contributed by atoms with Crippen LogP contribution in [0, 0.1) is 11.6 Å². The normalized spacial score (nSPS) is 20.9. The molecule has 43 heavy (non-hydrogen) atoms. The molecule has 2 aromatic heterocycles. The highest BCUT2D eigenvalue weighted by Gasteiger charge is 2.45.